The minimum absolute atomic E-state index is 0.0271. The van der Waals surface area contributed by atoms with E-state index in [1.807, 2.05) is 0 Å². The molecule has 0 aliphatic rings. The van der Waals surface area contributed by atoms with Crippen LogP contribution in [0.25, 0.3) is 0 Å². The second-order valence-electron chi connectivity index (χ2n) is 7.07. The molecule has 3 rings (SSSR count). The van der Waals surface area contributed by atoms with E-state index in [0.29, 0.717) is 6.08 Å². The Balaban J connectivity index is 1.96. The summed E-state index contributed by atoms with van der Waals surface area (Å²) in [6.07, 6.45) is -4.15. The number of aromatic carboxylic acids is 1. The van der Waals surface area contributed by atoms with Gasteiger partial charge in [-0.3, -0.25) is 4.79 Å². The van der Waals surface area contributed by atoms with Crippen LogP contribution in [0.1, 0.15) is 26.3 Å². The summed E-state index contributed by atoms with van der Waals surface area (Å²) in [5.74, 6) is -2.89. The molecule has 0 atom stereocenters. The fraction of sp³-hybridized carbons (Fsp3) is 0.0417. The van der Waals surface area contributed by atoms with Gasteiger partial charge in [-0.2, -0.15) is 13.2 Å². The molecule has 4 N–H and O–H groups in total. The van der Waals surface area contributed by atoms with E-state index >= 15 is 0 Å². The van der Waals surface area contributed by atoms with Crippen molar-refractivity contribution in [2.45, 2.75) is 6.18 Å². The number of benzene rings is 3. The summed E-state index contributed by atoms with van der Waals surface area (Å²) in [5.41, 5.74) is 3.45. The van der Waals surface area contributed by atoms with Crippen molar-refractivity contribution in [2.75, 3.05) is 5.32 Å². The van der Waals surface area contributed by atoms with E-state index in [2.05, 4.69) is 10.3 Å². The number of hydrogen-bond donors (Lipinski definition) is 3. The fourth-order valence-corrected chi connectivity index (χ4v) is 3.05. The molecular weight excluding hydrogens is 490 g/mol. The van der Waals surface area contributed by atoms with Crippen LogP contribution in [-0.2, 0) is 0 Å². The van der Waals surface area contributed by atoms with E-state index in [1.54, 1.807) is 12.1 Å². The first-order chi connectivity index (χ1) is 16.5. The highest BCUT2D eigenvalue weighted by Crippen LogP contribution is 2.27. The van der Waals surface area contributed by atoms with Gasteiger partial charge in [-0.15, -0.1) is 0 Å². The molecule has 0 saturated heterocycles. The van der Waals surface area contributed by atoms with Gasteiger partial charge < -0.3 is 16.2 Å². The Morgan fingerprint density at radius 3 is 2.23 bits per heavy atom. The topological polar surface area (TPSA) is 105 Å². The molecule has 1 amide bonds. The van der Waals surface area contributed by atoms with Crippen LogP contribution in [0.5, 0.6) is 0 Å². The van der Waals surface area contributed by atoms with Crippen molar-refractivity contribution in [3.8, 4) is 0 Å². The highest BCUT2D eigenvalue weighted by molar-refractivity contribution is 6.33. The van der Waals surface area contributed by atoms with Gasteiger partial charge in [0.05, 0.1) is 27.7 Å². The number of nitrogens with zero attached hydrogens (tertiary/aromatic N) is 1. The fourth-order valence-electron chi connectivity index (χ4n) is 2.87. The minimum Gasteiger partial charge on any atom is -0.478 e. The molecule has 0 heterocycles. The Labute approximate surface area is 201 Å². The summed E-state index contributed by atoms with van der Waals surface area (Å²) >= 11 is 6.07. The first-order valence-electron chi connectivity index (χ1n) is 9.78. The van der Waals surface area contributed by atoms with Crippen LogP contribution in [0.15, 0.2) is 83.5 Å². The predicted molar refractivity (Wildman–Crippen MR) is 124 cm³/mol. The van der Waals surface area contributed by atoms with E-state index in [1.165, 1.54) is 36.4 Å². The Kier molecular flexibility index (Phi) is 7.55. The summed E-state index contributed by atoms with van der Waals surface area (Å²) in [6, 6.07) is 14.3. The van der Waals surface area contributed by atoms with Gasteiger partial charge in [-0.1, -0.05) is 35.9 Å². The van der Waals surface area contributed by atoms with Crippen LogP contribution in [-0.4, -0.2) is 28.9 Å². The molecule has 3 aromatic rings. The molecule has 0 aliphatic carbocycles. The zero-order valence-electron chi connectivity index (χ0n) is 17.6. The zero-order valence-corrected chi connectivity index (χ0v) is 18.4. The second-order valence-corrected chi connectivity index (χ2v) is 7.48. The number of para-hydroxylation sites is 1. The van der Waals surface area contributed by atoms with Crippen molar-refractivity contribution in [1.82, 2.24) is 0 Å². The quantitative estimate of drug-likeness (QED) is 0.284. The minimum atomic E-state index is -4.80. The van der Waals surface area contributed by atoms with Crippen molar-refractivity contribution in [3.05, 3.63) is 106 Å². The molecule has 3 aromatic carbocycles. The van der Waals surface area contributed by atoms with E-state index in [-0.39, 0.29) is 38.8 Å². The number of amides is 1. The summed E-state index contributed by atoms with van der Waals surface area (Å²) in [5, 5.41) is 11.7. The van der Waals surface area contributed by atoms with Crippen LogP contribution in [0, 0.1) is 5.82 Å². The lowest BCUT2D eigenvalue weighted by Crippen LogP contribution is -2.21. The smallest absolute Gasteiger partial charge is 0.430 e. The number of carboxylic acid groups (broad SMARTS) is 1. The number of rotatable bonds is 6. The normalized spacial score (nSPS) is 12.4. The van der Waals surface area contributed by atoms with Gasteiger partial charge in [0.15, 0.2) is 0 Å². The summed E-state index contributed by atoms with van der Waals surface area (Å²) in [6.45, 7) is 0. The molecule has 0 spiro atoms. The highest BCUT2D eigenvalue weighted by atomic mass is 35.5. The second kappa shape index (κ2) is 10.4. The molecule has 11 heteroatoms. The van der Waals surface area contributed by atoms with E-state index < -0.39 is 29.6 Å². The van der Waals surface area contributed by atoms with E-state index in [4.69, 9.17) is 17.3 Å². The van der Waals surface area contributed by atoms with E-state index in [0.717, 1.165) is 18.2 Å². The number of carbonyl (C=O) groups is 2. The molecule has 0 radical (unpaired) electrons. The average molecular weight is 506 g/mol. The number of aliphatic imine (C=N–C) groups is 1. The first kappa shape index (κ1) is 25.4. The standard InChI is InChI=1S/C24H16ClF4N3O3/c25-17-3-1-2-4-18(17)31-19(12-21(30)24(27,28)29)13-5-7-14(8-6-13)22(33)32-20-11-15(26)9-10-16(20)23(34)35/h1-12H,30H2,(H,32,33)(H,34,35)/b21-12-,31-19?. The Hall–Kier alpha value is -4.18. The maximum absolute atomic E-state index is 13.5. The molecule has 6 nitrogen and oxygen atoms in total. The van der Waals surface area contributed by atoms with Crippen LogP contribution < -0.4 is 11.1 Å². The Bertz CT molecular complexity index is 1340. The molecule has 0 aliphatic heterocycles. The molecule has 35 heavy (non-hydrogen) atoms. The maximum Gasteiger partial charge on any atom is 0.430 e. The van der Waals surface area contributed by atoms with Crippen LogP contribution in [0.4, 0.5) is 28.9 Å². The third-order valence-corrected chi connectivity index (χ3v) is 4.94. The average Bonchev–Trinajstić information content (AvgIpc) is 2.79. The monoisotopic (exact) mass is 505 g/mol. The molecule has 0 aromatic heterocycles. The van der Waals surface area contributed by atoms with Crippen molar-refractivity contribution >= 4 is 40.6 Å². The van der Waals surface area contributed by atoms with Gasteiger partial charge in [-0.05, 0) is 48.5 Å². The lowest BCUT2D eigenvalue weighted by Gasteiger charge is -2.11. The number of anilines is 1. The summed E-state index contributed by atoms with van der Waals surface area (Å²) in [4.78, 5) is 28.1. The molecule has 180 valence electrons. The number of nitrogens with one attached hydrogen (secondary N) is 1. The summed E-state index contributed by atoms with van der Waals surface area (Å²) < 4.78 is 52.7. The summed E-state index contributed by atoms with van der Waals surface area (Å²) in [7, 11) is 0. The number of nitrogens with two attached hydrogens (primary N) is 1. The number of halogens is 5. The third-order valence-electron chi connectivity index (χ3n) is 4.62. The lowest BCUT2D eigenvalue weighted by molar-refractivity contribution is -0.0925. The van der Waals surface area contributed by atoms with Crippen molar-refractivity contribution in [3.63, 3.8) is 0 Å². The molecule has 0 unspecified atom stereocenters. The van der Waals surface area contributed by atoms with Gasteiger partial charge in [0.25, 0.3) is 5.91 Å². The van der Waals surface area contributed by atoms with Crippen LogP contribution in [0.2, 0.25) is 5.02 Å². The number of allylic oxidation sites excluding steroid dienone is 2. The first-order valence-corrected chi connectivity index (χ1v) is 10.2. The SMILES string of the molecule is N/C(=C\C(=Nc1ccccc1Cl)c1ccc(C(=O)Nc2cc(F)ccc2C(=O)O)cc1)C(F)(F)F. The van der Waals surface area contributed by atoms with Gasteiger partial charge in [0, 0.05) is 11.1 Å². The maximum atomic E-state index is 13.5. The molecule has 0 fully saturated rings. The number of hydrogen-bond acceptors (Lipinski definition) is 4. The van der Waals surface area contributed by atoms with Crippen molar-refractivity contribution in [1.29, 1.82) is 0 Å². The molecule has 0 saturated carbocycles. The van der Waals surface area contributed by atoms with Gasteiger partial charge in [0.2, 0.25) is 0 Å². The number of carbonyl (C=O) groups excluding carboxylic acids is 1. The zero-order chi connectivity index (χ0) is 25.8. The largest absolute Gasteiger partial charge is 0.478 e. The number of alkyl halides is 3. The van der Waals surface area contributed by atoms with Crippen LogP contribution in [0.3, 0.4) is 0 Å². The van der Waals surface area contributed by atoms with Crippen molar-refractivity contribution in [2.24, 2.45) is 10.7 Å². The molecular formula is C24H16ClF4N3O3. The Morgan fingerprint density at radius 1 is 1.00 bits per heavy atom. The predicted octanol–water partition coefficient (Wildman–Crippen LogP) is 5.96. The Morgan fingerprint density at radius 2 is 1.63 bits per heavy atom. The third kappa shape index (κ3) is 6.45. The van der Waals surface area contributed by atoms with Gasteiger partial charge in [-0.25, -0.2) is 14.2 Å². The van der Waals surface area contributed by atoms with E-state index in [9.17, 15) is 32.3 Å². The lowest BCUT2D eigenvalue weighted by atomic mass is 10.1. The van der Waals surface area contributed by atoms with Crippen LogP contribution >= 0.6 is 11.6 Å². The highest BCUT2D eigenvalue weighted by Gasteiger charge is 2.31. The van der Waals surface area contributed by atoms with Crippen molar-refractivity contribution < 1.29 is 32.3 Å². The van der Waals surface area contributed by atoms with Gasteiger partial charge in [0.1, 0.15) is 11.5 Å². The number of carboxylic acids is 1. The van der Waals surface area contributed by atoms with Gasteiger partial charge >= 0.3 is 12.1 Å². The molecule has 0 bridgehead atoms.